The van der Waals surface area contributed by atoms with Gasteiger partial charge >= 0.3 is 5.69 Å². The molecule has 0 saturated heterocycles. The molecule has 3 rings (SSSR count). The Morgan fingerprint density at radius 1 is 1.13 bits per heavy atom. The van der Waals surface area contributed by atoms with Gasteiger partial charge in [-0.15, -0.1) is 0 Å². The van der Waals surface area contributed by atoms with Crippen LogP contribution in [0.3, 0.4) is 0 Å². The molecule has 10 heteroatoms. The van der Waals surface area contributed by atoms with Gasteiger partial charge in [0.25, 0.3) is 5.91 Å². The number of carbonyl (C=O) groups is 1. The summed E-state index contributed by atoms with van der Waals surface area (Å²) in [6.07, 6.45) is 1.26. The van der Waals surface area contributed by atoms with Crippen LogP contribution in [0.15, 0.2) is 58.0 Å². The molecule has 0 aliphatic rings. The number of benzene rings is 2. The maximum atomic E-state index is 13.5. The van der Waals surface area contributed by atoms with E-state index >= 15 is 0 Å². The minimum Gasteiger partial charge on any atom is -0.497 e. The molecule has 0 saturated carbocycles. The number of amides is 1. The van der Waals surface area contributed by atoms with Crippen molar-refractivity contribution in [2.24, 2.45) is 5.10 Å². The van der Waals surface area contributed by atoms with Crippen molar-refractivity contribution < 1.29 is 28.0 Å². The molecule has 9 nitrogen and oxygen atoms in total. The average Bonchev–Trinajstić information content (AvgIpc) is 3.22. The SMILES string of the molecule is COc1cc(OC)cc(C(=O)NN=Cc2ccc(-c3ccc(F)c([N+](=O)[O-])c3)o2)c1. The van der Waals surface area contributed by atoms with Crippen LogP contribution >= 0.6 is 0 Å². The molecule has 0 aliphatic carbocycles. The number of nitro benzene ring substituents is 1. The van der Waals surface area contributed by atoms with Gasteiger partial charge in [-0.2, -0.15) is 9.49 Å². The van der Waals surface area contributed by atoms with Crippen LogP contribution in [0, 0.1) is 15.9 Å². The first-order valence-electron chi connectivity index (χ1n) is 8.52. The predicted molar refractivity (Wildman–Crippen MR) is 105 cm³/mol. The van der Waals surface area contributed by atoms with Crippen molar-refractivity contribution in [3.63, 3.8) is 0 Å². The third-order valence-corrected chi connectivity index (χ3v) is 4.03. The molecular formula is C20H16FN3O6. The number of furan rings is 1. The monoisotopic (exact) mass is 413 g/mol. The number of carbonyl (C=O) groups excluding carboxylic acids is 1. The number of methoxy groups -OCH3 is 2. The molecule has 30 heavy (non-hydrogen) atoms. The maximum absolute atomic E-state index is 13.5. The zero-order chi connectivity index (χ0) is 21.7. The second kappa shape index (κ2) is 8.86. The van der Waals surface area contributed by atoms with Crippen LogP contribution in [0.5, 0.6) is 11.5 Å². The summed E-state index contributed by atoms with van der Waals surface area (Å²) in [6.45, 7) is 0. The Kier molecular flexibility index (Phi) is 6.06. The lowest BCUT2D eigenvalue weighted by molar-refractivity contribution is -0.387. The van der Waals surface area contributed by atoms with E-state index in [0.717, 1.165) is 12.1 Å². The molecule has 0 radical (unpaired) electrons. The van der Waals surface area contributed by atoms with Gasteiger partial charge in [-0.3, -0.25) is 14.9 Å². The van der Waals surface area contributed by atoms with E-state index in [9.17, 15) is 19.3 Å². The van der Waals surface area contributed by atoms with Crippen LogP contribution in [0.1, 0.15) is 16.1 Å². The highest BCUT2D eigenvalue weighted by atomic mass is 19.1. The standard InChI is InChI=1S/C20H16FN3O6/c1-28-15-7-13(8-16(10-15)29-2)20(25)23-22-11-14-4-6-19(30-14)12-3-5-17(21)18(9-12)24(26)27/h3-11H,1-2H3,(H,23,25). The van der Waals surface area contributed by atoms with E-state index in [4.69, 9.17) is 13.9 Å². The molecule has 3 aromatic rings. The Bertz CT molecular complexity index is 1100. The van der Waals surface area contributed by atoms with E-state index in [0.29, 0.717) is 17.1 Å². The van der Waals surface area contributed by atoms with Gasteiger partial charge in [0.1, 0.15) is 23.0 Å². The van der Waals surface area contributed by atoms with Gasteiger partial charge in [-0.05, 0) is 36.4 Å². The molecule has 0 atom stereocenters. The number of nitrogens with zero attached hydrogens (tertiary/aromatic N) is 2. The van der Waals surface area contributed by atoms with E-state index in [2.05, 4.69) is 10.5 Å². The lowest BCUT2D eigenvalue weighted by atomic mass is 10.1. The molecular weight excluding hydrogens is 397 g/mol. The summed E-state index contributed by atoms with van der Waals surface area (Å²) < 4.78 is 29.2. The first-order valence-corrected chi connectivity index (χ1v) is 8.52. The molecule has 0 spiro atoms. The van der Waals surface area contributed by atoms with E-state index in [-0.39, 0.29) is 17.1 Å². The first-order chi connectivity index (χ1) is 14.4. The highest BCUT2D eigenvalue weighted by molar-refractivity contribution is 5.95. The molecule has 1 aromatic heterocycles. The van der Waals surface area contributed by atoms with Gasteiger partial charge in [-0.25, -0.2) is 5.43 Å². The summed E-state index contributed by atoms with van der Waals surface area (Å²) in [6, 6.07) is 11.2. The number of ether oxygens (including phenoxy) is 2. The molecule has 154 valence electrons. The number of rotatable bonds is 7. The maximum Gasteiger partial charge on any atom is 0.305 e. The number of nitro groups is 1. The second-order valence-corrected chi connectivity index (χ2v) is 5.93. The summed E-state index contributed by atoms with van der Waals surface area (Å²) in [5.74, 6) is 0.0300. The quantitative estimate of drug-likeness (QED) is 0.358. The fraction of sp³-hybridized carbons (Fsp3) is 0.100. The van der Waals surface area contributed by atoms with Crippen molar-refractivity contribution in [3.8, 4) is 22.8 Å². The smallest absolute Gasteiger partial charge is 0.305 e. The van der Waals surface area contributed by atoms with Crippen LogP contribution < -0.4 is 14.9 Å². The van der Waals surface area contributed by atoms with Crippen molar-refractivity contribution in [2.75, 3.05) is 14.2 Å². The fourth-order valence-electron chi connectivity index (χ4n) is 2.54. The number of hydrazone groups is 1. The Balaban J connectivity index is 1.71. The Morgan fingerprint density at radius 3 is 2.47 bits per heavy atom. The van der Waals surface area contributed by atoms with Crippen molar-refractivity contribution in [1.29, 1.82) is 0 Å². The lowest BCUT2D eigenvalue weighted by Crippen LogP contribution is -2.17. The summed E-state index contributed by atoms with van der Waals surface area (Å²) in [5.41, 5.74) is 2.31. The summed E-state index contributed by atoms with van der Waals surface area (Å²) in [7, 11) is 2.94. The van der Waals surface area contributed by atoms with E-state index in [1.807, 2.05) is 0 Å². The third-order valence-electron chi connectivity index (χ3n) is 4.03. The third kappa shape index (κ3) is 4.61. The summed E-state index contributed by atoms with van der Waals surface area (Å²) >= 11 is 0. The van der Waals surface area contributed by atoms with Crippen molar-refractivity contribution in [3.05, 3.63) is 75.8 Å². The topological polar surface area (TPSA) is 116 Å². The average molecular weight is 413 g/mol. The Hall–Kier alpha value is -4.21. The highest BCUT2D eigenvalue weighted by Crippen LogP contribution is 2.27. The summed E-state index contributed by atoms with van der Waals surface area (Å²) in [5, 5.41) is 14.7. The Labute approximate surface area is 169 Å². The first kappa shape index (κ1) is 20.5. The highest BCUT2D eigenvalue weighted by Gasteiger charge is 2.16. The van der Waals surface area contributed by atoms with Crippen LogP contribution in [-0.4, -0.2) is 31.3 Å². The number of hydrogen-bond donors (Lipinski definition) is 1. The van der Waals surface area contributed by atoms with E-state index < -0.39 is 22.3 Å². The van der Waals surface area contributed by atoms with Gasteiger partial charge in [0.2, 0.25) is 5.82 Å². The molecule has 0 bridgehead atoms. The number of hydrogen-bond acceptors (Lipinski definition) is 7. The lowest BCUT2D eigenvalue weighted by Gasteiger charge is -2.07. The molecule has 1 N–H and O–H groups in total. The molecule has 0 fully saturated rings. The minimum atomic E-state index is -0.936. The fourth-order valence-corrected chi connectivity index (χ4v) is 2.54. The van der Waals surface area contributed by atoms with Crippen molar-refractivity contribution >= 4 is 17.8 Å². The molecule has 0 aliphatic heterocycles. The largest absolute Gasteiger partial charge is 0.497 e. The van der Waals surface area contributed by atoms with E-state index in [1.165, 1.54) is 38.6 Å². The zero-order valence-corrected chi connectivity index (χ0v) is 15.9. The van der Waals surface area contributed by atoms with Gasteiger partial charge in [0.05, 0.1) is 25.4 Å². The summed E-state index contributed by atoms with van der Waals surface area (Å²) in [4.78, 5) is 22.3. The zero-order valence-electron chi connectivity index (χ0n) is 15.9. The Morgan fingerprint density at radius 2 is 1.83 bits per heavy atom. The number of nitrogens with one attached hydrogen (secondary N) is 1. The van der Waals surface area contributed by atoms with Gasteiger partial charge in [-0.1, -0.05) is 0 Å². The minimum absolute atomic E-state index is 0.278. The second-order valence-electron chi connectivity index (χ2n) is 5.93. The molecule has 2 aromatic carbocycles. The van der Waals surface area contributed by atoms with Gasteiger partial charge in [0.15, 0.2) is 0 Å². The molecule has 0 unspecified atom stereocenters. The van der Waals surface area contributed by atoms with Crippen LogP contribution in [-0.2, 0) is 0 Å². The predicted octanol–water partition coefficient (Wildman–Crippen LogP) is 3.78. The van der Waals surface area contributed by atoms with Crippen molar-refractivity contribution in [1.82, 2.24) is 5.43 Å². The number of halogens is 1. The van der Waals surface area contributed by atoms with Crippen molar-refractivity contribution in [2.45, 2.75) is 0 Å². The van der Waals surface area contributed by atoms with Crippen LogP contribution in [0.2, 0.25) is 0 Å². The normalized spacial score (nSPS) is 10.8. The molecule has 1 amide bonds. The van der Waals surface area contributed by atoms with E-state index in [1.54, 1.807) is 18.2 Å². The van der Waals surface area contributed by atoms with Crippen LogP contribution in [0.25, 0.3) is 11.3 Å². The molecule has 1 heterocycles. The van der Waals surface area contributed by atoms with Crippen LogP contribution in [0.4, 0.5) is 10.1 Å². The van der Waals surface area contributed by atoms with Gasteiger partial charge < -0.3 is 13.9 Å². The van der Waals surface area contributed by atoms with Gasteiger partial charge in [0, 0.05) is 23.3 Å².